The predicted molar refractivity (Wildman–Crippen MR) is 108 cm³/mol. The second-order valence-electron chi connectivity index (χ2n) is 5.63. The van der Waals surface area contributed by atoms with Crippen molar-refractivity contribution < 1.29 is 9.53 Å². The predicted octanol–water partition coefficient (Wildman–Crippen LogP) is 4.66. The Morgan fingerprint density at radius 2 is 1.24 bits per heavy atom. The van der Waals surface area contributed by atoms with E-state index in [1.807, 2.05) is 97.9 Å². The second kappa shape index (κ2) is 8.00. The van der Waals surface area contributed by atoms with E-state index in [2.05, 4.69) is 5.80 Å². The summed E-state index contributed by atoms with van der Waals surface area (Å²) in [6.07, 6.45) is 0. The molecule has 0 fully saturated rings. The van der Waals surface area contributed by atoms with E-state index in [4.69, 9.17) is 4.74 Å². The maximum atomic E-state index is 13.3. The Morgan fingerprint density at radius 3 is 1.68 bits per heavy atom. The first kappa shape index (κ1) is 17.3. The van der Waals surface area contributed by atoms with Crippen molar-refractivity contribution in [1.82, 2.24) is 0 Å². The van der Waals surface area contributed by atoms with Crippen LogP contribution in [0.15, 0.2) is 91.0 Å². The molecule has 0 atom stereocenters. The molecule has 0 N–H and O–H groups in total. The van der Waals surface area contributed by atoms with Gasteiger partial charge in [0.15, 0.2) is 0 Å². The molecule has 0 unspecified atom stereocenters. The molecule has 0 saturated carbocycles. The highest BCUT2D eigenvalue weighted by Gasteiger charge is 2.32. The first-order valence-electron chi connectivity index (χ1n) is 8.35. The van der Waals surface area contributed by atoms with E-state index in [1.54, 1.807) is 0 Å². The molecule has 0 bridgehead atoms. The molecule has 0 radical (unpaired) electrons. The van der Waals surface area contributed by atoms with Gasteiger partial charge in [0.25, 0.3) is 0 Å². The molecule has 0 heterocycles. The minimum absolute atomic E-state index is 0.156. The molecule has 3 aromatic carbocycles. The lowest BCUT2D eigenvalue weighted by Gasteiger charge is -2.25. The van der Waals surface area contributed by atoms with Crippen molar-refractivity contribution in [2.75, 3.05) is 6.61 Å². The smallest absolute Gasteiger partial charge is 0.334 e. The maximum Gasteiger partial charge on any atom is 0.334 e. The Hall–Kier alpha value is -2.57. The van der Waals surface area contributed by atoms with Gasteiger partial charge in [-0.15, -0.1) is 0 Å². The molecule has 0 aliphatic rings. The van der Waals surface area contributed by atoms with Gasteiger partial charge in [-0.05, 0) is 28.9 Å². The molecule has 0 amide bonds. The van der Waals surface area contributed by atoms with Crippen molar-refractivity contribution in [3.63, 3.8) is 0 Å². The van der Waals surface area contributed by atoms with E-state index in [0.29, 0.717) is 6.61 Å². The Labute approximate surface area is 149 Å². The molecule has 3 rings (SSSR count). The number of carbonyl (C=O) groups is 1. The van der Waals surface area contributed by atoms with Gasteiger partial charge in [-0.2, -0.15) is 0 Å². The number of hydrogen-bond donors (Lipinski definition) is 0. The first-order chi connectivity index (χ1) is 12.3. The number of carbonyl (C=O) groups excluding carboxylic acids is 1. The number of rotatable bonds is 5. The van der Waals surface area contributed by atoms with Crippen LogP contribution in [-0.4, -0.2) is 18.1 Å². The summed E-state index contributed by atoms with van der Waals surface area (Å²) in [5.41, 5.74) is 0.868. The molecular formula is C22H21O2P. The van der Waals surface area contributed by atoms with Crippen LogP contribution in [0.3, 0.4) is 0 Å². The number of ether oxygens (including phenoxy) is 1. The van der Waals surface area contributed by atoms with Gasteiger partial charge in [-0.25, -0.2) is 4.79 Å². The summed E-state index contributed by atoms with van der Waals surface area (Å²) < 4.78 is 5.57. The van der Waals surface area contributed by atoms with Gasteiger partial charge >= 0.3 is 5.71 Å². The van der Waals surface area contributed by atoms with Crippen LogP contribution in [0, 0.1) is 0 Å². The van der Waals surface area contributed by atoms with Crippen LogP contribution in [0.4, 0.5) is 4.79 Å². The zero-order chi connectivity index (χ0) is 17.5. The molecule has 0 aliphatic carbocycles. The normalized spacial score (nSPS) is 10.9. The van der Waals surface area contributed by atoms with E-state index >= 15 is 0 Å². The third-order valence-corrected chi connectivity index (χ3v) is 7.64. The molecule has 0 aromatic heterocycles. The Balaban J connectivity index is 2.36. The summed E-state index contributed by atoms with van der Waals surface area (Å²) in [4.78, 5) is 13.3. The third-order valence-electron chi connectivity index (χ3n) is 4.03. The molecule has 0 saturated heterocycles. The maximum absolute atomic E-state index is 13.3. The van der Waals surface area contributed by atoms with Crippen LogP contribution in [0.2, 0.25) is 0 Å². The lowest BCUT2D eigenvalue weighted by Crippen LogP contribution is -2.25. The summed E-state index contributed by atoms with van der Waals surface area (Å²) in [6.45, 7) is -0.300. The monoisotopic (exact) mass is 348 g/mol. The van der Waals surface area contributed by atoms with Crippen molar-refractivity contribution in [3.8, 4) is 0 Å². The van der Waals surface area contributed by atoms with Crippen LogP contribution in [0.5, 0.6) is 0 Å². The number of benzene rings is 3. The van der Waals surface area contributed by atoms with Gasteiger partial charge in [0, 0.05) is 0 Å². The van der Waals surface area contributed by atoms with Crippen LogP contribution in [-0.2, 0) is 4.74 Å². The summed E-state index contributed by atoms with van der Waals surface area (Å²) in [5.74, 6) is 2.11. The van der Waals surface area contributed by atoms with E-state index in [9.17, 15) is 4.79 Å². The summed E-state index contributed by atoms with van der Waals surface area (Å²) in [5, 5.41) is 2.01. The molecule has 0 spiro atoms. The van der Waals surface area contributed by atoms with Crippen molar-refractivity contribution in [2.45, 2.75) is 6.92 Å². The van der Waals surface area contributed by atoms with Gasteiger partial charge in [0.2, 0.25) is 0 Å². The summed E-state index contributed by atoms with van der Waals surface area (Å²) in [7, 11) is 0. The van der Waals surface area contributed by atoms with Crippen LogP contribution >= 0.6 is 6.89 Å². The zero-order valence-electron chi connectivity index (χ0n) is 14.2. The van der Waals surface area contributed by atoms with Gasteiger partial charge < -0.3 is 4.74 Å². The van der Waals surface area contributed by atoms with E-state index < -0.39 is 6.89 Å². The minimum atomic E-state index is -2.52. The minimum Gasteiger partial charge on any atom is -0.462 e. The first-order valence-corrected chi connectivity index (χ1v) is 10.2. The molecule has 0 aliphatic heterocycles. The highest BCUT2D eigenvalue weighted by Crippen LogP contribution is 2.47. The van der Waals surface area contributed by atoms with Gasteiger partial charge in [-0.1, -0.05) is 91.0 Å². The Morgan fingerprint density at radius 1 is 0.800 bits per heavy atom. The number of hydrogen-bond acceptors (Lipinski definition) is 2. The Kier molecular flexibility index (Phi) is 5.53. The van der Waals surface area contributed by atoms with Crippen LogP contribution in [0.25, 0.3) is 0 Å². The highest BCUT2D eigenvalue weighted by molar-refractivity contribution is 8.01. The van der Waals surface area contributed by atoms with E-state index in [0.717, 1.165) is 16.2 Å². The zero-order valence-corrected chi connectivity index (χ0v) is 15.1. The molecule has 126 valence electrons. The van der Waals surface area contributed by atoms with Crippen molar-refractivity contribution in [1.29, 1.82) is 0 Å². The summed E-state index contributed by atoms with van der Waals surface area (Å²) in [6, 6.07) is 30.0. The highest BCUT2D eigenvalue weighted by atomic mass is 31.2. The van der Waals surface area contributed by atoms with Gasteiger partial charge in [0.05, 0.1) is 13.5 Å². The topological polar surface area (TPSA) is 26.3 Å². The molecule has 3 aromatic rings. The molecular weight excluding hydrogens is 327 g/mol. The van der Waals surface area contributed by atoms with Gasteiger partial charge in [-0.3, -0.25) is 0 Å². The van der Waals surface area contributed by atoms with Crippen molar-refractivity contribution >= 4 is 29.0 Å². The molecule has 2 nitrogen and oxygen atoms in total. The standard InChI is InChI=1S/C22H21O2P/c1-2-24-22(23)25(20-14-8-4-9-15-20,21-16-10-5-11-17-21)18-19-12-6-3-7-13-19/h3-18H,2H2,1H3. The summed E-state index contributed by atoms with van der Waals surface area (Å²) >= 11 is 0. The Bertz CT molecular complexity index is 828. The average molecular weight is 348 g/mol. The quantitative estimate of drug-likeness (QED) is 0.627. The third kappa shape index (κ3) is 3.60. The largest absolute Gasteiger partial charge is 0.462 e. The van der Waals surface area contributed by atoms with Crippen molar-refractivity contribution in [3.05, 3.63) is 96.6 Å². The fourth-order valence-electron chi connectivity index (χ4n) is 2.88. The lowest BCUT2D eigenvalue weighted by atomic mass is 10.2. The lowest BCUT2D eigenvalue weighted by molar-refractivity contribution is 0.180. The van der Waals surface area contributed by atoms with E-state index in [-0.39, 0.29) is 5.71 Å². The average Bonchev–Trinajstić information content (AvgIpc) is 2.68. The fourth-order valence-corrected chi connectivity index (χ4v) is 6.24. The van der Waals surface area contributed by atoms with E-state index in [1.165, 1.54) is 0 Å². The fraction of sp³-hybridized carbons (Fsp3) is 0.0909. The molecule has 3 heteroatoms. The van der Waals surface area contributed by atoms with Crippen LogP contribution in [0.1, 0.15) is 12.5 Å². The second-order valence-corrected chi connectivity index (χ2v) is 8.73. The van der Waals surface area contributed by atoms with Crippen LogP contribution < -0.4 is 10.6 Å². The SMILES string of the molecule is CCOC(=O)P(=Cc1ccccc1)(c1ccccc1)c1ccccc1. The molecule has 25 heavy (non-hydrogen) atoms. The van der Waals surface area contributed by atoms with Crippen molar-refractivity contribution in [2.24, 2.45) is 0 Å². The van der Waals surface area contributed by atoms with Gasteiger partial charge in [0.1, 0.15) is 0 Å².